The number of ether oxygens (including phenoxy) is 2. The van der Waals surface area contributed by atoms with E-state index in [1.54, 1.807) is 69.2 Å². The van der Waals surface area contributed by atoms with Gasteiger partial charge in [-0.15, -0.1) is 0 Å². The molecule has 0 heterocycles. The summed E-state index contributed by atoms with van der Waals surface area (Å²) in [6, 6.07) is 17.4. The summed E-state index contributed by atoms with van der Waals surface area (Å²) < 4.78 is 72.4. The number of hydrogen-bond acceptors (Lipinski definition) is 12. The minimum Gasteiger partial charge on any atom is -0.444 e. The Bertz CT molecular complexity index is 2000. The first-order valence-corrected chi connectivity index (χ1v) is 23.1. The van der Waals surface area contributed by atoms with E-state index >= 15 is 0 Å². The third-order valence-corrected chi connectivity index (χ3v) is 11.6. The van der Waals surface area contributed by atoms with Crippen LogP contribution in [0.15, 0.2) is 60.7 Å². The lowest BCUT2D eigenvalue weighted by molar-refractivity contribution is -0.125. The molecule has 1 aliphatic carbocycles. The van der Waals surface area contributed by atoms with Crippen LogP contribution in [0.4, 0.5) is 9.59 Å². The highest BCUT2D eigenvalue weighted by Gasteiger charge is 2.62. The van der Waals surface area contributed by atoms with Gasteiger partial charge in [0.15, 0.2) is 0 Å². The number of benzene rings is 2. The molecule has 1 aliphatic rings. The van der Waals surface area contributed by atoms with E-state index in [9.17, 15) is 36.0 Å². The van der Waals surface area contributed by atoms with Crippen molar-refractivity contribution in [2.24, 2.45) is 10.8 Å². The summed E-state index contributed by atoms with van der Waals surface area (Å²) in [5.74, 6) is -2.46. The van der Waals surface area contributed by atoms with Crippen LogP contribution in [0, 0.1) is 10.8 Å². The molecule has 336 valence electrons. The number of carbonyl (C=O) groups excluding carboxylic acids is 4. The van der Waals surface area contributed by atoms with Crippen molar-refractivity contribution >= 4 is 44.2 Å². The van der Waals surface area contributed by atoms with Crippen molar-refractivity contribution in [3.63, 3.8) is 0 Å². The summed E-state index contributed by atoms with van der Waals surface area (Å²) >= 11 is 0. The highest BCUT2D eigenvalue weighted by atomic mass is 32.2. The van der Waals surface area contributed by atoms with Crippen molar-refractivity contribution in [1.29, 1.82) is 0 Å². The van der Waals surface area contributed by atoms with Crippen molar-refractivity contribution in [3.05, 3.63) is 71.8 Å². The summed E-state index contributed by atoms with van der Waals surface area (Å²) in [5.41, 5.74) is -2.90. The Morgan fingerprint density at radius 3 is 1.65 bits per heavy atom. The van der Waals surface area contributed by atoms with E-state index < -0.39 is 89.4 Å². The van der Waals surface area contributed by atoms with Gasteiger partial charge in [-0.1, -0.05) is 88.4 Å². The Kier molecular flexibility index (Phi) is 16.8. The molecule has 16 nitrogen and oxygen atoms in total. The van der Waals surface area contributed by atoms with Crippen molar-refractivity contribution in [3.8, 4) is 0 Å². The van der Waals surface area contributed by atoms with Gasteiger partial charge in [-0.25, -0.2) is 9.59 Å². The maximum atomic E-state index is 13.6. The summed E-state index contributed by atoms with van der Waals surface area (Å²) in [6.07, 6.45) is -1.27. The van der Waals surface area contributed by atoms with Crippen LogP contribution in [0.5, 0.6) is 0 Å². The topological polar surface area (TPSA) is 222 Å². The molecule has 1 fully saturated rings. The zero-order valence-corrected chi connectivity index (χ0v) is 38.1. The van der Waals surface area contributed by atoms with Crippen molar-refractivity contribution in [1.82, 2.24) is 21.3 Å². The largest absolute Gasteiger partial charge is 0.444 e. The highest BCUT2D eigenvalue weighted by molar-refractivity contribution is 7.87. The highest BCUT2D eigenvalue weighted by Crippen LogP contribution is 2.52. The Balaban J connectivity index is 1.47. The van der Waals surface area contributed by atoms with E-state index in [4.69, 9.17) is 17.8 Å². The van der Waals surface area contributed by atoms with Gasteiger partial charge in [0.1, 0.15) is 22.8 Å². The monoisotopic (exact) mass is 880 g/mol. The van der Waals surface area contributed by atoms with Gasteiger partial charge < -0.3 is 30.7 Å². The molecule has 4 N–H and O–H groups in total. The summed E-state index contributed by atoms with van der Waals surface area (Å²) in [4.78, 5) is 52.1. The van der Waals surface area contributed by atoms with E-state index in [-0.39, 0.29) is 45.1 Å². The Morgan fingerprint density at radius 2 is 1.15 bits per heavy atom. The van der Waals surface area contributed by atoms with Gasteiger partial charge in [0.05, 0.1) is 24.7 Å². The molecule has 18 heteroatoms. The van der Waals surface area contributed by atoms with Gasteiger partial charge in [0.2, 0.25) is 11.8 Å². The van der Waals surface area contributed by atoms with Gasteiger partial charge in [0.25, 0.3) is 20.2 Å². The molecule has 60 heavy (non-hydrogen) atoms. The van der Waals surface area contributed by atoms with Gasteiger partial charge >= 0.3 is 12.2 Å². The predicted molar refractivity (Wildman–Crippen MR) is 227 cm³/mol. The molecule has 1 unspecified atom stereocenters. The van der Waals surface area contributed by atoms with Gasteiger partial charge in [-0.3, -0.25) is 18.0 Å². The fourth-order valence-electron chi connectivity index (χ4n) is 5.85. The molecule has 4 amide bonds. The van der Waals surface area contributed by atoms with Crippen molar-refractivity contribution in [2.45, 2.75) is 117 Å². The lowest BCUT2D eigenvalue weighted by Gasteiger charge is -2.27. The summed E-state index contributed by atoms with van der Waals surface area (Å²) in [6.45, 7) is 16.4. The average Bonchev–Trinajstić information content (AvgIpc) is 3.85. The summed E-state index contributed by atoms with van der Waals surface area (Å²) in [7, 11) is -8.35. The van der Waals surface area contributed by atoms with Crippen LogP contribution in [-0.2, 0) is 54.1 Å². The SMILES string of the molecule is CC(C)(CNC(=O)[C@H](Cc1ccccc1)NC(=O)OC(C)(C)C)COS(=O)(=O)CCCS(=O)(=O)OCC(C)(C)CNC(=O)C1(NC(=O)OC(C)(C)C)C[C@H]1c1ccccc1. The van der Waals surface area contributed by atoms with E-state index in [0.29, 0.717) is 6.42 Å². The van der Waals surface area contributed by atoms with Crippen LogP contribution in [0.3, 0.4) is 0 Å². The molecule has 3 rings (SSSR count). The van der Waals surface area contributed by atoms with Gasteiger partial charge in [-0.2, -0.15) is 16.8 Å². The van der Waals surface area contributed by atoms with Crippen LogP contribution < -0.4 is 21.3 Å². The smallest absolute Gasteiger partial charge is 0.408 e. The fraction of sp³-hybridized carbons (Fsp3) is 0.619. The molecule has 0 radical (unpaired) electrons. The third kappa shape index (κ3) is 17.8. The van der Waals surface area contributed by atoms with Crippen LogP contribution in [-0.4, -0.2) is 101 Å². The zero-order valence-electron chi connectivity index (χ0n) is 36.5. The lowest BCUT2D eigenvalue weighted by Crippen LogP contribution is -2.53. The fourth-order valence-corrected chi connectivity index (χ4v) is 8.26. The number of nitrogens with one attached hydrogen (secondary N) is 4. The van der Waals surface area contributed by atoms with Crippen molar-refractivity contribution < 1.29 is 53.9 Å². The molecule has 1 saturated carbocycles. The molecule has 3 atom stereocenters. The van der Waals surface area contributed by atoms with Crippen LogP contribution >= 0.6 is 0 Å². The molecule has 2 aromatic carbocycles. The van der Waals surface area contributed by atoms with Crippen LogP contribution in [0.25, 0.3) is 0 Å². The number of hydrogen-bond donors (Lipinski definition) is 4. The first-order chi connectivity index (χ1) is 27.5. The molecule has 0 aliphatic heterocycles. The third-order valence-electron chi connectivity index (χ3n) is 9.10. The molecule has 0 aromatic heterocycles. The second-order valence-electron chi connectivity index (χ2n) is 18.8. The molecule has 0 saturated heterocycles. The normalized spacial score (nSPS) is 17.8. The first kappa shape index (κ1) is 50.1. The van der Waals surface area contributed by atoms with E-state index in [0.717, 1.165) is 11.1 Å². The number of amides is 4. The molecule has 0 spiro atoms. The molecular formula is C42H64N4O12S2. The number of rotatable bonds is 21. The van der Waals surface area contributed by atoms with Gasteiger partial charge in [0, 0.05) is 36.3 Å². The van der Waals surface area contributed by atoms with E-state index in [1.807, 2.05) is 60.7 Å². The average molecular weight is 881 g/mol. The van der Waals surface area contributed by atoms with Crippen molar-refractivity contribution in [2.75, 3.05) is 37.8 Å². The Hall–Kier alpha value is -4.26. The van der Waals surface area contributed by atoms with E-state index in [2.05, 4.69) is 21.3 Å². The second kappa shape index (κ2) is 20.1. The maximum Gasteiger partial charge on any atom is 0.408 e. The molecule has 0 bridgehead atoms. The minimum absolute atomic E-state index is 0.00402. The number of alkyl carbamates (subject to hydrolysis) is 2. The van der Waals surface area contributed by atoms with E-state index in [1.165, 1.54) is 0 Å². The first-order valence-electron chi connectivity index (χ1n) is 19.9. The quantitative estimate of drug-likeness (QED) is 0.123. The second-order valence-corrected chi connectivity index (χ2v) is 22.3. The lowest BCUT2D eigenvalue weighted by atomic mass is 9.94. The zero-order chi connectivity index (χ0) is 45.2. The number of carbonyl (C=O) groups is 4. The maximum absolute atomic E-state index is 13.6. The predicted octanol–water partition coefficient (Wildman–Crippen LogP) is 4.94. The van der Waals surface area contributed by atoms with Crippen LogP contribution in [0.1, 0.15) is 99.1 Å². The Labute approximate surface area is 355 Å². The van der Waals surface area contributed by atoms with Crippen LogP contribution in [0.2, 0.25) is 0 Å². The Morgan fingerprint density at radius 1 is 0.683 bits per heavy atom. The molecular weight excluding hydrogens is 817 g/mol. The van der Waals surface area contributed by atoms with Gasteiger partial charge in [-0.05, 0) is 65.5 Å². The standard InChI is InChI=1S/C42H64N4O12S2/c1-38(2,3)57-36(49)45-33(24-30-18-13-11-14-19-30)34(47)43-26-40(7,8)28-55-59(51,52)22-17-23-60(53,54)56-29-41(9,10)27-44-35(48)42(46-37(50)58-39(4,5)6)25-32(42)31-20-15-12-16-21-31/h11-16,18-21,32-33H,17,22-29H2,1-10H3,(H,43,47)(H,44,48)(H,45,49)(H,46,50)/t32-,33-,42?/m0/s1. The molecule has 2 aromatic rings. The summed E-state index contributed by atoms with van der Waals surface area (Å²) in [5, 5.41) is 11.0. The minimum atomic E-state index is -4.17.